The van der Waals surface area contributed by atoms with Gasteiger partial charge < -0.3 is 15.5 Å². The van der Waals surface area contributed by atoms with Crippen LogP contribution < -0.4 is 5.32 Å². The summed E-state index contributed by atoms with van der Waals surface area (Å²) in [7, 11) is 0. The fraction of sp³-hybridized carbons (Fsp3) is 0.750. The Labute approximate surface area is 87.0 Å². The number of nitrogens with one attached hydrogen (secondary N) is 1. The van der Waals surface area contributed by atoms with E-state index in [2.05, 4.69) is 21.6 Å². The first-order chi connectivity index (χ1) is 6.76. The lowest BCUT2D eigenvalue weighted by Gasteiger charge is -2.06. The molecule has 0 aromatic carbocycles. The molecule has 0 saturated heterocycles. The molecule has 1 rings (SSSR count). The van der Waals surface area contributed by atoms with Gasteiger partial charge in [-0.15, -0.1) is 0 Å². The summed E-state index contributed by atoms with van der Waals surface area (Å²) >= 11 is 1.28. The van der Waals surface area contributed by atoms with E-state index >= 15 is 0 Å². The molecule has 0 aliphatic heterocycles. The molecule has 0 fully saturated rings. The van der Waals surface area contributed by atoms with Gasteiger partial charge in [-0.2, -0.15) is 4.37 Å². The van der Waals surface area contributed by atoms with Crippen LogP contribution in [0.1, 0.15) is 19.2 Å². The molecule has 1 aromatic heterocycles. The minimum atomic E-state index is -0.742. The Hall–Kier alpha value is -0.720. The van der Waals surface area contributed by atoms with E-state index in [0.717, 1.165) is 18.7 Å². The van der Waals surface area contributed by atoms with Gasteiger partial charge in [-0.25, -0.2) is 4.98 Å². The molecule has 0 radical (unpaired) electrons. The van der Waals surface area contributed by atoms with Crippen molar-refractivity contribution in [2.45, 2.75) is 25.9 Å². The third-order valence-electron chi connectivity index (χ3n) is 1.64. The van der Waals surface area contributed by atoms with Crippen molar-refractivity contribution in [3.8, 4) is 0 Å². The second-order valence-corrected chi connectivity index (χ2v) is 3.73. The van der Waals surface area contributed by atoms with Gasteiger partial charge in [-0.3, -0.25) is 0 Å². The number of aliphatic hydroxyl groups excluding tert-OH is 2. The highest BCUT2D eigenvalue weighted by molar-refractivity contribution is 7.09. The SMILES string of the molecule is CCCc1nsc(NCC(O)CO)n1. The predicted molar refractivity (Wildman–Crippen MR) is 55.5 cm³/mol. The number of aliphatic hydroxyl groups is 2. The Morgan fingerprint density at radius 3 is 3.00 bits per heavy atom. The highest BCUT2D eigenvalue weighted by Crippen LogP contribution is 2.11. The van der Waals surface area contributed by atoms with Crippen LogP contribution in [0.25, 0.3) is 0 Å². The minimum Gasteiger partial charge on any atom is -0.394 e. The van der Waals surface area contributed by atoms with E-state index in [1.54, 1.807) is 0 Å². The molecule has 5 nitrogen and oxygen atoms in total. The van der Waals surface area contributed by atoms with Crippen LogP contribution in [0.2, 0.25) is 0 Å². The van der Waals surface area contributed by atoms with E-state index in [4.69, 9.17) is 10.2 Å². The smallest absolute Gasteiger partial charge is 0.202 e. The van der Waals surface area contributed by atoms with Crippen LogP contribution in [0.3, 0.4) is 0 Å². The van der Waals surface area contributed by atoms with E-state index in [1.165, 1.54) is 11.5 Å². The van der Waals surface area contributed by atoms with Gasteiger partial charge in [0.25, 0.3) is 0 Å². The number of nitrogens with zero attached hydrogens (tertiary/aromatic N) is 2. The molecule has 1 heterocycles. The monoisotopic (exact) mass is 217 g/mol. The fourth-order valence-corrected chi connectivity index (χ4v) is 1.54. The summed E-state index contributed by atoms with van der Waals surface area (Å²) < 4.78 is 4.13. The van der Waals surface area contributed by atoms with E-state index in [-0.39, 0.29) is 6.61 Å². The minimum absolute atomic E-state index is 0.242. The Morgan fingerprint density at radius 1 is 1.57 bits per heavy atom. The second-order valence-electron chi connectivity index (χ2n) is 2.98. The summed E-state index contributed by atoms with van der Waals surface area (Å²) in [5, 5.41) is 21.3. The Morgan fingerprint density at radius 2 is 2.36 bits per heavy atom. The third-order valence-corrected chi connectivity index (χ3v) is 2.35. The summed E-state index contributed by atoms with van der Waals surface area (Å²) in [6, 6.07) is 0. The standard InChI is InChI=1S/C8H15N3O2S/c1-2-3-7-10-8(14-11-7)9-4-6(13)5-12/h6,12-13H,2-5H2,1H3,(H,9,10,11). The van der Waals surface area contributed by atoms with Crippen LogP contribution >= 0.6 is 11.5 Å². The average Bonchev–Trinajstić information content (AvgIpc) is 2.63. The van der Waals surface area contributed by atoms with Gasteiger partial charge in [0.1, 0.15) is 5.82 Å². The molecule has 1 unspecified atom stereocenters. The van der Waals surface area contributed by atoms with E-state index in [1.807, 2.05) is 0 Å². The highest BCUT2D eigenvalue weighted by atomic mass is 32.1. The van der Waals surface area contributed by atoms with Crippen LogP contribution in [0.15, 0.2) is 0 Å². The van der Waals surface area contributed by atoms with E-state index in [9.17, 15) is 0 Å². The van der Waals surface area contributed by atoms with Crippen LogP contribution in [0.5, 0.6) is 0 Å². The van der Waals surface area contributed by atoms with Crippen LogP contribution in [0.4, 0.5) is 5.13 Å². The summed E-state index contributed by atoms with van der Waals surface area (Å²) in [6.07, 6.45) is 1.16. The fourth-order valence-electron chi connectivity index (χ4n) is 0.921. The van der Waals surface area contributed by atoms with Crippen LogP contribution in [-0.4, -0.2) is 38.8 Å². The number of hydrogen-bond acceptors (Lipinski definition) is 6. The van der Waals surface area contributed by atoms with Crippen molar-refractivity contribution < 1.29 is 10.2 Å². The van der Waals surface area contributed by atoms with Gasteiger partial charge in [-0.05, 0) is 6.42 Å². The Balaban J connectivity index is 2.35. The largest absolute Gasteiger partial charge is 0.394 e. The number of rotatable bonds is 6. The van der Waals surface area contributed by atoms with Crippen molar-refractivity contribution in [1.29, 1.82) is 0 Å². The molecule has 0 saturated carbocycles. The van der Waals surface area contributed by atoms with Gasteiger partial charge in [0.2, 0.25) is 5.13 Å². The van der Waals surface area contributed by atoms with Gasteiger partial charge in [0.15, 0.2) is 0 Å². The molecule has 0 amide bonds. The number of anilines is 1. The topological polar surface area (TPSA) is 78.3 Å². The summed E-state index contributed by atoms with van der Waals surface area (Å²) in [6.45, 7) is 2.13. The lowest BCUT2D eigenvalue weighted by Crippen LogP contribution is -2.22. The Bertz CT molecular complexity index is 267. The zero-order valence-corrected chi connectivity index (χ0v) is 8.92. The first-order valence-corrected chi connectivity index (χ1v) is 5.39. The molecule has 1 aromatic rings. The molecule has 1 atom stereocenters. The predicted octanol–water partition coefficient (Wildman–Crippen LogP) is 0.256. The maximum absolute atomic E-state index is 9.07. The van der Waals surface area contributed by atoms with Crippen molar-refractivity contribution in [3.63, 3.8) is 0 Å². The second kappa shape index (κ2) is 5.90. The van der Waals surface area contributed by atoms with Gasteiger partial charge in [0, 0.05) is 24.5 Å². The average molecular weight is 217 g/mol. The van der Waals surface area contributed by atoms with Gasteiger partial charge >= 0.3 is 0 Å². The zero-order valence-electron chi connectivity index (χ0n) is 8.10. The first-order valence-electron chi connectivity index (χ1n) is 4.61. The summed E-state index contributed by atoms with van der Waals surface area (Å²) in [5.74, 6) is 0.832. The molecule has 0 bridgehead atoms. The first kappa shape index (κ1) is 11.4. The molecule has 80 valence electrons. The lowest BCUT2D eigenvalue weighted by atomic mass is 10.3. The molecule has 3 N–H and O–H groups in total. The molecule has 6 heteroatoms. The number of aryl methyl sites for hydroxylation is 1. The summed E-state index contributed by atoms with van der Waals surface area (Å²) in [5.41, 5.74) is 0. The molecule has 0 aliphatic carbocycles. The van der Waals surface area contributed by atoms with Crippen LogP contribution in [0, 0.1) is 0 Å². The van der Waals surface area contributed by atoms with E-state index < -0.39 is 6.10 Å². The lowest BCUT2D eigenvalue weighted by molar-refractivity contribution is 0.105. The van der Waals surface area contributed by atoms with Crippen molar-refractivity contribution in [2.24, 2.45) is 0 Å². The molecular weight excluding hydrogens is 202 g/mol. The van der Waals surface area contributed by atoms with Gasteiger partial charge in [-0.1, -0.05) is 6.92 Å². The van der Waals surface area contributed by atoms with Crippen LogP contribution in [-0.2, 0) is 6.42 Å². The highest BCUT2D eigenvalue weighted by Gasteiger charge is 2.05. The zero-order chi connectivity index (χ0) is 10.4. The molecule has 14 heavy (non-hydrogen) atoms. The Kier molecular flexibility index (Phi) is 4.78. The maximum Gasteiger partial charge on any atom is 0.202 e. The van der Waals surface area contributed by atoms with Crippen molar-refractivity contribution in [2.75, 3.05) is 18.5 Å². The van der Waals surface area contributed by atoms with Crippen molar-refractivity contribution in [1.82, 2.24) is 9.36 Å². The molecule has 0 aliphatic rings. The maximum atomic E-state index is 9.07. The van der Waals surface area contributed by atoms with E-state index in [0.29, 0.717) is 11.7 Å². The quantitative estimate of drug-likeness (QED) is 0.637. The molecular formula is C8H15N3O2S. The molecule has 0 spiro atoms. The van der Waals surface area contributed by atoms with Crippen molar-refractivity contribution >= 4 is 16.7 Å². The van der Waals surface area contributed by atoms with Crippen molar-refractivity contribution in [3.05, 3.63) is 5.82 Å². The number of aromatic nitrogens is 2. The normalized spacial score (nSPS) is 12.8. The van der Waals surface area contributed by atoms with Gasteiger partial charge in [0.05, 0.1) is 12.7 Å². The number of hydrogen-bond donors (Lipinski definition) is 3. The third kappa shape index (κ3) is 3.57. The summed E-state index contributed by atoms with van der Waals surface area (Å²) in [4.78, 5) is 4.21.